The van der Waals surface area contributed by atoms with Gasteiger partial charge in [0.25, 0.3) is 5.91 Å². The molecule has 4 rings (SSSR count). The third-order valence-electron chi connectivity index (χ3n) is 5.22. The second-order valence-corrected chi connectivity index (χ2v) is 8.61. The number of carbonyl (C=O) groups excluding carboxylic acids is 2. The van der Waals surface area contributed by atoms with Gasteiger partial charge in [-0.25, -0.2) is 10.2 Å². The highest BCUT2D eigenvalue weighted by atomic mass is 79.9. The maximum Gasteiger partial charge on any atom is 0.344 e. The first-order valence-corrected chi connectivity index (χ1v) is 12.1. The van der Waals surface area contributed by atoms with E-state index in [4.69, 9.17) is 14.2 Å². The average Bonchev–Trinajstić information content (AvgIpc) is 2.93. The summed E-state index contributed by atoms with van der Waals surface area (Å²) in [5, 5.41) is 3.96. The Labute approximate surface area is 222 Å². The average molecular weight is 559 g/mol. The molecule has 0 saturated heterocycles. The van der Waals surface area contributed by atoms with Crippen LogP contribution in [0, 0.1) is 0 Å². The van der Waals surface area contributed by atoms with E-state index >= 15 is 0 Å². The van der Waals surface area contributed by atoms with E-state index in [1.807, 2.05) is 60.7 Å². The van der Waals surface area contributed by atoms with Crippen LogP contribution in [-0.4, -0.2) is 31.8 Å². The zero-order valence-electron chi connectivity index (χ0n) is 19.9. The molecule has 37 heavy (non-hydrogen) atoms. The van der Waals surface area contributed by atoms with Gasteiger partial charge in [-0.05, 0) is 75.1 Å². The van der Waals surface area contributed by atoms with Crippen LogP contribution in [0.2, 0.25) is 0 Å². The quantitative estimate of drug-likeness (QED) is 0.120. The van der Waals surface area contributed by atoms with Crippen molar-refractivity contribution in [3.63, 3.8) is 0 Å². The molecule has 0 aliphatic heterocycles. The fourth-order valence-corrected chi connectivity index (χ4v) is 3.81. The van der Waals surface area contributed by atoms with Gasteiger partial charge in [-0.3, -0.25) is 4.79 Å². The van der Waals surface area contributed by atoms with Crippen LogP contribution in [0.4, 0.5) is 0 Å². The van der Waals surface area contributed by atoms with Gasteiger partial charge in [-0.15, -0.1) is 0 Å². The minimum absolute atomic E-state index is 0.185. The summed E-state index contributed by atoms with van der Waals surface area (Å²) in [5.41, 5.74) is 5.62. The predicted octanol–water partition coefficient (Wildman–Crippen LogP) is 5.87. The van der Waals surface area contributed by atoms with Gasteiger partial charge in [0.1, 0.15) is 5.75 Å². The van der Waals surface area contributed by atoms with E-state index in [1.54, 1.807) is 36.4 Å². The number of hydrogen-bond donors (Lipinski definition) is 1. The fourth-order valence-electron chi connectivity index (χ4n) is 3.36. The summed E-state index contributed by atoms with van der Waals surface area (Å²) in [7, 11) is 1.47. The van der Waals surface area contributed by atoms with Gasteiger partial charge in [-0.2, -0.15) is 5.10 Å². The molecule has 0 radical (unpaired) electrons. The van der Waals surface area contributed by atoms with Crippen molar-refractivity contribution in [2.45, 2.75) is 0 Å². The van der Waals surface area contributed by atoms with Crippen molar-refractivity contribution < 1.29 is 23.8 Å². The molecule has 1 amide bonds. The summed E-state index contributed by atoms with van der Waals surface area (Å²) in [6.45, 7) is -0.185. The number of nitrogens with zero attached hydrogens (tertiary/aromatic N) is 1. The molecule has 4 aromatic rings. The highest BCUT2D eigenvalue weighted by molar-refractivity contribution is 9.10. The maximum atomic E-state index is 12.5. The number of amides is 1. The van der Waals surface area contributed by atoms with E-state index in [-0.39, 0.29) is 12.4 Å². The molecule has 0 fully saturated rings. The summed E-state index contributed by atoms with van der Waals surface area (Å²) in [6, 6.07) is 29.4. The Morgan fingerprint density at radius 1 is 0.865 bits per heavy atom. The number of methoxy groups -OCH3 is 1. The van der Waals surface area contributed by atoms with E-state index in [1.165, 1.54) is 13.3 Å². The van der Waals surface area contributed by atoms with Crippen LogP contribution in [0.3, 0.4) is 0 Å². The molecular formula is C29H23BrN2O5. The number of carbonyl (C=O) groups is 2. The summed E-state index contributed by atoms with van der Waals surface area (Å²) >= 11 is 3.34. The number of halogens is 1. The zero-order chi connectivity index (χ0) is 26.0. The topological polar surface area (TPSA) is 86.2 Å². The summed E-state index contributed by atoms with van der Waals surface area (Å²) in [6.07, 6.45) is 1.45. The first-order chi connectivity index (χ1) is 18.0. The van der Waals surface area contributed by atoms with E-state index in [0.29, 0.717) is 27.1 Å². The molecular weight excluding hydrogens is 536 g/mol. The molecule has 0 bridgehead atoms. The lowest BCUT2D eigenvalue weighted by Crippen LogP contribution is -2.24. The number of ether oxygens (including phenoxy) is 3. The van der Waals surface area contributed by atoms with Gasteiger partial charge in [0.05, 0.1) is 18.9 Å². The minimum atomic E-state index is -0.519. The first-order valence-electron chi connectivity index (χ1n) is 11.3. The SMILES string of the molecule is COc1cc(/C=N/NC(=O)COc2ccc(-c3ccccc3)cc2)ccc1OC(=O)c1ccccc1Br. The highest BCUT2D eigenvalue weighted by Crippen LogP contribution is 2.29. The smallest absolute Gasteiger partial charge is 0.344 e. The third-order valence-corrected chi connectivity index (χ3v) is 5.91. The molecule has 4 aromatic carbocycles. The first kappa shape index (κ1) is 25.7. The molecule has 0 spiro atoms. The lowest BCUT2D eigenvalue weighted by molar-refractivity contribution is -0.123. The Morgan fingerprint density at radius 3 is 2.30 bits per heavy atom. The summed E-state index contributed by atoms with van der Waals surface area (Å²) in [5.74, 6) is 0.258. The second-order valence-electron chi connectivity index (χ2n) is 7.75. The van der Waals surface area contributed by atoms with Crippen molar-refractivity contribution >= 4 is 34.0 Å². The Kier molecular flexibility index (Phi) is 8.67. The Balaban J connectivity index is 1.29. The van der Waals surface area contributed by atoms with Crippen LogP contribution in [0.1, 0.15) is 15.9 Å². The molecule has 0 aromatic heterocycles. The van der Waals surface area contributed by atoms with Crippen molar-refractivity contribution in [1.82, 2.24) is 5.43 Å². The molecule has 7 nitrogen and oxygen atoms in total. The van der Waals surface area contributed by atoms with Crippen LogP contribution < -0.4 is 19.6 Å². The monoisotopic (exact) mass is 558 g/mol. The Bertz CT molecular complexity index is 1410. The van der Waals surface area contributed by atoms with Crippen molar-refractivity contribution in [2.24, 2.45) is 5.10 Å². The Morgan fingerprint density at radius 2 is 1.57 bits per heavy atom. The van der Waals surface area contributed by atoms with Gasteiger partial charge in [-0.1, -0.05) is 54.6 Å². The molecule has 0 aliphatic carbocycles. The molecule has 8 heteroatoms. The van der Waals surface area contributed by atoms with Crippen LogP contribution in [0.5, 0.6) is 17.2 Å². The number of benzene rings is 4. The number of hydrazone groups is 1. The molecule has 0 heterocycles. The number of nitrogens with one attached hydrogen (secondary N) is 1. The van der Waals surface area contributed by atoms with Gasteiger partial charge >= 0.3 is 5.97 Å². The van der Waals surface area contributed by atoms with Crippen molar-refractivity contribution in [3.8, 4) is 28.4 Å². The lowest BCUT2D eigenvalue weighted by Gasteiger charge is -2.10. The van der Waals surface area contributed by atoms with E-state index < -0.39 is 11.9 Å². The third kappa shape index (κ3) is 7.05. The van der Waals surface area contributed by atoms with Gasteiger partial charge in [0.2, 0.25) is 0 Å². The minimum Gasteiger partial charge on any atom is -0.493 e. The maximum absolute atomic E-state index is 12.5. The highest BCUT2D eigenvalue weighted by Gasteiger charge is 2.15. The van der Waals surface area contributed by atoms with E-state index in [9.17, 15) is 9.59 Å². The summed E-state index contributed by atoms with van der Waals surface area (Å²) in [4.78, 5) is 24.6. The van der Waals surface area contributed by atoms with Gasteiger partial charge in [0.15, 0.2) is 18.1 Å². The molecule has 0 unspecified atom stereocenters. The van der Waals surface area contributed by atoms with Crippen LogP contribution in [0.25, 0.3) is 11.1 Å². The zero-order valence-corrected chi connectivity index (χ0v) is 21.5. The van der Waals surface area contributed by atoms with Crippen molar-refractivity contribution in [1.29, 1.82) is 0 Å². The van der Waals surface area contributed by atoms with Crippen LogP contribution in [-0.2, 0) is 4.79 Å². The number of esters is 1. The molecule has 0 saturated carbocycles. The van der Waals surface area contributed by atoms with Crippen LogP contribution >= 0.6 is 15.9 Å². The standard InChI is InChI=1S/C29H23BrN2O5/c1-35-27-17-20(11-16-26(27)37-29(34)24-9-5-6-10-25(24)30)18-31-32-28(33)19-36-23-14-12-22(13-15-23)21-7-3-2-4-8-21/h2-18H,19H2,1H3,(H,32,33)/b31-18+. The van der Waals surface area contributed by atoms with Gasteiger partial charge in [0, 0.05) is 4.47 Å². The van der Waals surface area contributed by atoms with Crippen molar-refractivity contribution in [3.05, 3.63) is 113 Å². The van der Waals surface area contributed by atoms with Crippen molar-refractivity contribution in [2.75, 3.05) is 13.7 Å². The number of hydrogen-bond acceptors (Lipinski definition) is 6. The van der Waals surface area contributed by atoms with E-state index in [0.717, 1.165) is 11.1 Å². The van der Waals surface area contributed by atoms with Crippen LogP contribution in [0.15, 0.2) is 107 Å². The Hall–Kier alpha value is -4.43. The largest absolute Gasteiger partial charge is 0.493 e. The second kappa shape index (κ2) is 12.5. The van der Waals surface area contributed by atoms with Gasteiger partial charge < -0.3 is 14.2 Å². The molecule has 0 aliphatic rings. The number of rotatable bonds is 9. The normalized spacial score (nSPS) is 10.6. The summed E-state index contributed by atoms with van der Waals surface area (Å²) < 4.78 is 17.0. The van der Waals surface area contributed by atoms with E-state index in [2.05, 4.69) is 26.5 Å². The predicted molar refractivity (Wildman–Crippen MR) is 145 cm³/mol. The molecule has 1 N–H and O–H groups in total. The molecule has 0 atom stereocenters. The lowest BCUT2D eigenvalue weighted by atomic mass is 10.1. The fraction of sp³-hybridized carbons (Fsp3) is 0.0690. The molecule has 186 valence electrons.